The summed E-state index contributed by atoms with van der Waals surface area (Å²) in [4.78, 5) is 0. The van der Waals surface area contributed by atoms with E-state index in [1.165, 1.54) is 0 Å². The fraction of sp³-hybridized carbons (Fsp3) is 0.625. The van der Waals surface area contributed by atoms with Gasteiger partial charge in [0.25, 0.3) is 0 Å². The molecule has 1 aromatic carbocycles. The molecule has 106 valence electrons. The molecule has 3 heteroatoms. The van der Waals surface area contributed by atoms with Gasteiger partial charge in [0.2, 0.25) is 0 Å². The van der Waals surface area contributed by atoms with Gasteiger partial charge in [-0.15, -0.1) is 0 Å². The number of hydrogen-bond donors (Lipinski definition) is 1. The van der Waals surface area contributed by atoms with Crippen LogP contribution in [0.4, 0.5) is 0 Å². The largest absolute Gasteiger partial charge is 0.494 e. The zero-order valence-electron chi connectivity index (χ0n) is 11.9. The lowest BCUT2D eigenvalue weighted by Gasteiger charge is -2.36. The van der Waals surface area contributed by atoms with Crippen molar-refractivity contribution in [3.63, 3.8) is 0 Å². The Labute approximate surface area is 115 Å². The molecular formula is C16H24O3. The minimum atomic E-state index is -0.776. The third-order valence-electron chi connectivity index (χ3n) is 3.68. The van der Waals surface area contributed by atoms with E-state index in [0.29, 0.717) is 19.4 Å². The van der Waals surface area contributed by atoms with Crippen LogP contribution in [0.3, 0.4) is 0 Å². The SMILES string of the molecule is CCCCOc1cccc([C@@]2(O)CCO[C@@H](C)C2)c1. The highest BCUT2D eigenvalue weighted by atomic mass is 16.5. The monoisotopic (exact) mass is 264 g/mol. The van der Waals surface area contributed by atoms with E-state index in [1.54, 1.807) is 0 Å². The van der Waals surface area contributed by atoms with Crippen molar-refractivity contribution in [2.75, 3.05) is 13.2 Å². The summed E-state index contributed by atoms with van der Waals surface area (Å²) in [5, 5.41) is 10.8. The van der Waals surface area contributed by atoms with Crippen molar-refractivity contribution in [2.24, 2.45) is 0 Å². The Balaban J connectivity index is 2.08. The summed E-state index contributed by atoms with van der Waals surface area (Å²) in [5.41, 5.74) is 0.165. The number of rotatable bonds is 5. The van der Waals surface area contributed by atoms with Crippen molar-refractivity contribution in [3.8, 4) is 5.75 Å². The van der Waals surface area contributed by atoms with E-state index < -0.39 is 5.60 Å². The summed E-state index contributed by atoms with van der Waals surface area (Å²) in [6.07, 6.45) is 3.57. The van der Waals surface area contributed by atoms with E-state index in [-0.39, 0.29) is 6.10 Å². The second kappa shape index (κ2) is 6.40. The third-order valence-corrected chi connectivity index (χ3v) is 3.68. The summed E-state index contributed by atoms with van der Waals surface area (Å²) in [7, 11) is 0. The van der Waals surface area contributed by atoms with Gasteiger partial charge in [-0.05, 0) is 31.0 Å². The summed E-state index contributed by atoms with van der Waals surface area (Å²) in [6, 6.07) is 7.85. The van der Waals surface area contributed by atoms with Gasteiger partial charge in [0, 0.05) is 12.8 Å². The van der Waals surface area contributed by atoms with Crippen molar-refractivity contribution in [1.82, 2.24) is 0 Å². The minimum absolute atomic E-state index is 0.100. The lowest BCUT2D eigenvalue weighted by atomic mass is 9.84. The average Bonchev–Trinajstić information content (AvgIpc) is 2.39. The van der Waals surface area contributed by atoms with Crippen LogP contribution in [0.2, 0.25) is 0 Å². The van der Waals surface area contributed by atoms with E-state index in [2.05, 4.69) is 6.92 Å². The molecule has 1 heterocycles. The van der Waals surface area contributed by atoms with Crippen LogP contribution in [0, 0.1) is 0 Å². The van der Waals surface area contributed by atoms with E-state index in [0.717, 1.165) is 30.8 Å². The van der Waals surface area contributed by atoms with Crippen molar-refractivity contribution in [3.05, 3.63) is 29.8 Å². The van der Waals surface area contributed by atoms with Crippen LogP contribution in [0.15, 0.2) is 24.3 Å². The number of ether oxygens (including phenoxy) is 2. The van der Waals surface area contributed by atoms with Crippen LogP contribution >= 0.6 is 0 Å². The van der Waals surface area contributed by atoms with Crippen LogP contribution in [0.25, 0.3) is 0 Å². The Morgan fingerprint density at radius 3 is 3.05 bits per heavy atom. The molecular weight excluding hydrogens is 240 g/mol. The van der Waals surface area contributed by atoms with E-state index >= 15 is 0 Å². The lowest BCUT2D eigenvalue weighted by molar-refractivity contribution is -0.101. The standard InChI is InChI=1S/C16H24O3/c1-3-4-9-19-15-7-5-6-14(11-15)16(17)8-10-18-13(2)12-16/h5-7,11,13,17H,3-4,8-10,12H2,1-2H3/t13-,16+/m0/s1. The van der Waals surface area contributed by atoms with Crippen LogP contribution in [-0.2, 0) is 10.3 Å². The summed E-state index contributed by atoms with van der Waals surface area (Å²) < 4.78 is 11.2. The van der Waals surface area contributed by atoms with E-state index in [9.17, 15) is 5.11 Å². The van der Waals surface area contributed by atoms with Gasteiger partial charge in [0.15, 0.2) is 0 Å². The summed E-state index contributed by atoms with van der Waals surface area (Å²) in [6.45, 7) is 5.49. The van der Waals surface area contributed by atoms with Gasteiger partial charge in [-0.3, -0.25) is 0 Å². The van der Waals surface area contributed by atoms with Crippen molar-refractivity contribution in [2.45, 2.75) is 51.2 Å². The molecule has 0 spiro atoms. The number of aliphatic hydroxyl groups is 1. The predicted molar refractivity (Wildman–Crippen MR) is 75.4 cm³/mol. The molecule has 1 N–H and O–H groups in total. The van der Waals surface area contributed by atoms with Gasteiger partial charge >= 0.3 is 0 Å². The predicted octanol–water partition coefficient (Wildman–Crippen LogP) is 3.25. The van der Waals surface area contributed by atoms with Gasteiger partial charge < -0.3 is 14.6 Å². The molecule has 1 aliphatic heterocycles. The number of benzene rings is 1. The van der Waals surface area contributed by atoms with Crippen LogP contribution in [-0.4, -0.2) is 24.4 Å². The Hall–Kier alpha value is -1.06. The molecule has 1 aliphatic rings. The topological polar surface area (TPSA) is 38.7 Å². The second-order valence-corrected chi connectivity index (χ2v) is 5.40. The number of unbranched alkanes of at least 4 members (excludes halogenated alkanes) is 1. The highest BCUT2D eigenvalue weighted by Crippen LogP contribution is 2.35. The quantitative estimate of drug-likeness (QED) is 0.830. The van der Waals surface area contributed by atoms with Crippen LogP contribution in [0.1, 0.15) is 45.1 Å². The van der Waals surface area contributed by atoms with Crippen molar-refractivity contribution < 1.29 is 14.6 Å². The van der Waals surface area contributed by atoms with Crippen LogP contribution < -0.4 is 4.74 Å². The van der Waals surface area contributed by atoms with Crippen LogP contribution in [0.5, 0.6) is 5.75 Å². The molecule has 1 aromatic rings. The lowest BCUT2D eigenvalue weighted by Crippen LogP contribution is -2.37. The Morgan fingerprint density at radius 2 is 2.32 bits per heavy atom. The zero-order chi connectivity index (χ0) is 13.7. The Morgan fingerprint density at radius 1 is 1.47 bits per heavy atom. The van der Waals surface area contributed by atoms with Crippen molar-refractivity contribution in [1.29, 1.82) is 0 Å². The molecule has 0 amide bonds. The maximum atomic E-state index is 10.8. The maximum Gasteiger partial charge on any atom is 0.119 e. The molecule has 0 aromatic heterocycles. The van der Waals surface area contributed by atoms with Gasteiger partial charge in [-0.25, -0.2) is 0 Å². The van der Waals surface area contributed by atoms with Crippen molar-refractivity contribution >= 4 is 0 Å². The molecule has 0 bridgehead atoms. The first kappa shape index (κ1) is 14.4. The molecule has 2 rings (SSSR count). The Kier molecular flexibility index (Phi) is 4.83. The molecule has 0 radical (unpaired) electrons. The maximum absolute atomic E-state index is 10.8. The van der Waals surface area contributed by atoms with Gasteiger partial charge in [0.05, 0.1) is 24.9 Å². The first-order valence-corrected chi connectivity index (χ1v) is 7.21. The van der Waals surface area contributed by atoms with E-state index in [1.807, 2.05) is 31.2 Å². The first-order valence-electron chi connectivity index (χ1n) is 7.21. The van der Waals surface area contributed by atoms with Gasteiger partial charge in [-0.1, -0.05) is 25.5 Å². The van der Waals surface area contributed by atoms with E-state index in [4.69, 9.17) is 9.47 Å². The average molecular weight is 264 g/mol. The number of hydrogen-bond acceptors (Lipinski definition) is 3. The third kappa shape index (κ3) is 3.71. The molecule has 0 aliphatic carbocycles. The minimum Gasteiger partial charge on any atom is -0.494 e. The Bertz CT molecular complexity index is 405. The molecule has 1 saturated heterocycles. The fourth-order valence-electron chi connectivity index (χ4n) is 2.54. The normalized spacial score (nSPS) is 27.2. The van der Waals surface area contributed by atoms with Gasteiger partial charge in [0.1, 0.15) is 5.75 Å². The molecule has 19 heavy (non-hydrogen) atoms. The fourth-order valence-corrected chi connectivity index (χ4v) is 2.54. The van der Waals surface area contributed by atoms with Gasteiger partial charge in [-0.2, -0.15) is 0 Å². The molecule has 0 unspecified atom stereocenters. The second-order valence-electron chi connectivity index (χ2n) is 5.40. The summed E-state index contributed by atoms with van der Waals surface area (Å²) in [5.74, 6) is 0.846. The zero-order valence-corrected chi connectivity index (χ0v) is 11.9. The summed E-state index contributed by atoms with van der Waals surface area (Å²) >= 11 is 0. The molecule has 1 fully saturated rings. The first-order chi connectivity index (χ1) is 9.14. The molecule has 3 nitrogen and oxygen atoms in total. The highest BCUT2D eigenvalue weighted by molar-refractivity contribution is 5.32. The highest BCUT2D eigenvalue weighted by Gasteiger charge is 2.35. The molecule has 2 atom stereocenters. The molecule has 0 saturated carbocycles. The smallest absolute Gasteiger partial charge is 0.119 e.